The molecule has 1 N–H and O–H groups in total. The minimum Gasteiger partial charge on any atom is -0.311 e. The van der Waals surface area contributed by atoms with E-state index in [4.69, 9.17) is 0 Å². The summed E-state index contributed by atoms with van der Waals surface area (Å²) in [5.41, 5.74) is 0. The highest BCUT2D eigenvalue weighted by molar-refractivity contribution is 4.99. The van der Waals surface area contributed by atoms with Gasteiger partial charge in [-0.2, -0.15) is 0 Å². The van der Waals surface area contributed by atoms with E-state index in [1.165, 1.54) is 45.3 Å². The Labute approximate surface area is 100 Å². The van der Waals surface area contributed by atoms with Crippen LogP contribution in [0.3, 0.4) is 0 Å². The first-order valence-corrected chi connectivity index (χ1v) is 6.93. The Bertz CT molecular complexity index is 229. The molecule has 92 valence electrons. The maximum absolute atomic E-state index is 3.80. The van der Waals surface area contributed by atoms with Crippen molar-refractivity contribution in [3.63, 3.8) is 0 Å². The zero-order chi connectivity index (χ0) is 11.4. The molecular formula is C14H26N2. The van der Waals surface area contributed by atoms with Gasteiger partial charge in [0.1, 0.15) is 0 Å². The zero-order valence-electron chi connectivity index (χ0n) is 10.8. The number of nitrogens with one attached hydrogen (secondary N) is 1. The molecule has 16 heavy (non-hydrogen) atoms. The summed E-state index contributed by atoms with van der Waals surface area (Å²) in [4.78, 5) is 2.60. The first-order valence-electron chi connectivity index (χ1n) is 6.93. The van der Waals surface area contributed by atoms with Gasteiger partial charge in [-0.3, -0.25) is 0 Å². The van der Waals surface area contributed by atoms with Gasteiger partial charge in [0.2, 0.25) is 0 Å². The van der Waals surface area contributed by atoms with Crippen molar-refractivity contribution in [1.82, 2.24) is 10.2 Å². The summed E-state index contributed by atoms with van der Waals surface area (Å²) >= 11 is 0. The molecule has 0 amide bonds. The number of rotatable bonds is 4. The van der Waals surface area contributed by atoms with Crippen LogP contribution in [0.25, 0.3) is 0 Å². The molecule has 0 aromatic rings. The summed E-state index contributed by atoms with van der Waals surface area (Å²) in [7, 11) is 0. The molecule has 2 nitrogen and oxygen atoms in total. The van der Waals surface area contributed by atoms with Crippen LogP contribution in [0.1, 0.15) is 39.5 Å². The van der Waals surface area contributed by atoms with E-state index in [0.29, 0.717) is 12.1 Å². The number of likely N-dealkylation sites (tertiary alicyclic amines) is 1. The number of piperidine rings is 1. The van der Waals surface area contributed by atoms with Gasteiger partial charge in [0.25, 0.3) is 0 Å². The highest BCUT2D eigenvalue weighted by Crippen LogP contribution is 2.21. The van der Waals surface area contributed by atoms with Gasteiger partial charge in [-0.25, -0.2) is 0 Å². The molecule has 0 spiro atoms. The molecule has 0 aromatic carbocycles. The van der Waals surface area contributed by atoms with E-state index in [2.05, 4.69) is 36.2 Å². The quantitative estimate of drug-likeness (QED) is 0.735. The monoisotopic (exact) mass is 222 g/mol. The molecule has 1 heterocycles. The van der Waals surface area contributed by atoms with Gasteiger partial charge in [0.05, 0.1) is 0 Å². The lowest BCUT2D eigenvalue weighted by molar-refractivity contribution is 0.153. The molecule has 1 aliphatic heterocycles. The van der Waals surface area contributed by atoms with E-state index in [9.17, 15) is 0 Å². The highest BCUT2D eigenvalue weighted by atomic mass is 15.1. The van der Waals surface area contributed by atoms with E-state index >= 15 is 0 Å². The number of hydrogen-bond acceptors (Lipinski definition) is 2. The van der Waals surface area contributed by atoms with Crippen LogP contribution in [0.5, 0.6) is 0 Å². The Morgan fingerprint density at radius 1 is 1.38 bits per heavy atom. The van der Waals surface area contributed by atoms with E-state index in [1.54, 1.807) is 0 Å². The van der Waals surface area contributed by atoms with Crippen molar-refractivity contribution in [3.05, 3.63) is 12.2 Å². The molecule has 2 unspecified atom stereocenters. The Hall–Kier alpha value is -0.340. The van der Waals surface area contributed by atoms with E-state index in [-0.39, 0.29) is 0 Å². The van der Waals surface area contributed by atoms with Crippen molar-refractivity contribution in [2.75, 3.05) is 19.6 Å². The predicted octanol–water partition coefficient (Wildman–Crippen LogP) is 2.42. The Kier molecular flexibility index (Phi) is 4.42. The minimum absolute atomic E-state index is 0.680. The van der Waals surface area contributed by atoms with Crippen LogP contribution in [0.4, 0.5) is 0 Å². The second kappa shape index (κ2) is 5.83. The summed E-state index contributed by atoms with van der Waals surface area (Å²) in [6.07, 6.45) is 9.87. The number of hydrogen-bond donors (Lipinski definition) is 1. The second-order valence-corrected chi connectivity index (χ2v) is 5.39. The predicted molar refractivity (Wildman–Crippen MR) is 69.6 cm³/mol. The Morgan fingerprint density at radius 3 is 2.81 bits per heavy atom. The van der Waals surface area contributed by atoms with Crippen LogP contribution >= 0.6 is 0 Å². The molecule has 2 rings (SSSR count). The fraction of sp³-hybridized carbons (Fsp3) is 0.857. The second-order valence-electron chi connectivity index (χ2n) is 5.39. The van der Waals surface area contributed by atoms with Crippen LogP contribution in [-0.2, 0) is 0 Å². The van der Waals surface area contributed by atoms with Crippen molar-refractivity contribution < 1.29 is 0 Å². The molecule has 1 fully saturated rings. The van der Waals surface area contributed by atoms with Crippen LogP contribution in [-0.4, -0.2) is 36.6 Å². The summed E-state index contributed by atoms with van der Waals surface area (Å²) in [5.74, 6) is 0.856. The van der Waals surface area contributed by atoms with Crippen molar-refractivity contribution in [2.45, 2.75) is 51.6 Å². The fourth-order valence-electron chi connectivity index (χ4n) is 3.05. The minimum atomic E-state index is 0.680. The lowest BCUT2D eigenvalue weighted by Gasteiger charge is -2.36. The normalized spacial score (nSPS) is 29.8. The van der Waals surface area contributed by atoms with E-state index in [1.807, 2.05) is 0 Å². The fourth-order valence-corrected chi connectivity index (χ4v) is 3.05. The molecule has 0 saturated carbocycles. The van der Waals surface area contributed by atoms with Gasteiger partial charge in [-0.15, -0.1) is 0 Å². The molecule has 0 radical (unpaired) electrons. The highest BCUT2D eigenvalue weighted by Gasteiger charge is 2.25. The average molecular weight is 222 g/mol. The third-order valence-corrected chi connectivity index (χ3v) is 4.20. The molecule has 2 heteroatoms. The lowest BCUT2D eigenvalue weighted by atomic mass is 9.91. The zero-order valence-corrected chi connectivity index (χ0v) is 10.8. The third-order valence-electron chi connectivity index (χ3n) is 4.20. The average Bonchev–Trinajstić information content (AvgIpc) is 2.82. The van der Waals surface area contributed by atoms with Crippen LogP contribution in [0.2, 0.25) is 0 Å². The van der Waals surface area contributed by atoms with Gasteiger partial charge in [0, 0.05) is 18.6 Å². The third kappa shape index (κ3) is 3.08. The van der Waals surface area contributed by atoms with Crippen molar-refractivity contribution >= 4 is 0 Å². The van der Waals surface area contributed by atoms with Crippen LogP contribution in [0.15, 0.2) is 12.2 Å². The summed E-state index contributed by atoms with van der Waals surface area (Å²) in [5, 5.41) is 3.80. The summed E-state index contributed by atoms with van der Waals surface area (Å²) < 4.78 is 0. The van der Waals surface area contributed by atoms with Crippen molar-refractivity contribution in [1.29, 1.82) is 0 Å². The first kappa shape index (κ1) is 12.1. The summed E-state index contributed by atoms with van der Waals surface area (Å²) in [6, 6.07) is 1.39. The van der Waals surface area contributed by atoms with Crippen molar-refractivity contribution in [2.24, 2.45) is 5.92 Å². The largest absolute Gasteiger partial charge is 0.311 e. The molecular weight excluding hydrogens is 196 g/mol. The van der Waals surface area contributed by atoms with Gasteiger partial charge in [-0.1, -0.05) is 19.1 Å². The number of nitrogens with zero attached hydrogens (tertiary/aromatic N) is 1. The lowest BCUT2D eigenvalue weighted by Crippen LogP contribution is -2.46. The van der Waals surface area contributed by atoms with Gasteiger partial charge < -0.3 is 10.2 Å². The standard InChI is InChI=1S/C14H26N2/c1-3-16-10-6-7-13(11-16)12(2)15-14-8-4-5-9-14/h4-5,12-15H,3,6-11H2,1-2H3. The maximum Gasteiger partial charge on any atom is 0.0139 e. The first-order chi connectivity index (χ1) is 7.79. The van der Waals surface area contributed by atoms with Gasteiger partial charge in [-0.05, 0) is 51.6 Å². The SMILES string of the molecule is CCN1CCCC(C(C)NC2CC=CC2)C1. The topological polar surface area (TPSA) is 15.3 Å². The van der Waals surface area contributed by atoms with Gasteiger partial charge in [0.15, 0.2) is 0 Å². The van der Waals surface area contributed by atoms with Gasteiger partial charge >= 0.3 is 0 Å². The molecule has 0 aromatic heterocycles. The maximum atomic E-state index is 3.80. The van der Waals surface area contributed by atoms with Crippen LogP contribution in [0, 0.1) is 5.92 Å². The van der Waals surface area contributed by atoms with E-state index < -0.39 is 0 Å². The molecule has 1 aliphatic carbocycles. The molecule has 1 saturated heterocycles. The Morgan fingerprint density at radius 2 is 2.12 bits per heavy atom. The Balaban J connectivity index is 1.77. The molecule has 2 atom stereocenters. The van der Waals surface area contributed by atoms with Crippen LogP contribution < -0.4 is 5.32 Å². The smallest absolute Gasteiger partial charge is 0.0139 e. The summed E-state index contributed by atoms with van der Waals surface area (Å²) in [6.45, 7) is 8.48. The molecule has 0 bridgehead atoms. The van der Waals surface area contributed by atoms with E-state index in [0.717, 1.165) is 5.92 Å². The molecule has 2 aliphatic rings. The van der Waals surface area contributed by atoms with Crippen molar-refractivity contribution in [3.8, 4) is 0 Å².